The van der Waals surface area contributed by atoms with E-state index in [2.05, 4.69) is 10.2 Å². The van der Waals surface area contributed by atoms with Gasteiger partial charge in [-0.2, -0.15) is 5.10 Å². The number of aromatic nitrogens is 2. The number of aromatic amines is 1. The molecule has 0 bridgehead atoms. The summed E-state index contributed by atoms with van der Waals surface area (Å²) in [7, 11) is 0. The third-order valence-corrected chi connectivity index (χ3v) is 3.30. The molecule has 0 aliphatic heterocycles. The summed E-state index contributed by atoms with van der Waals surface area (Å²) >= 11 is 0. The molecule has 4 heteroatoms. The first-order chi connectivity index (χ1) is 10.8. The quantitative estimate of drug-likeness (QED) is 0.786. The molecule has 0 saturated carbocycles. The van der Waals surface area contributed by atoms with E-state index in [4.69, 9.17) is 4.74 Å². The van der Waals surface area contributed by atoms with Gasteiger partial charge >= 0.3 is 0 Å². The molecule has 0 unspecified atom stereocenters. The van der Waals surface area contributed by atoms with Gasteiger partial charge in [0.15, 0.2) is 0 Å². The van der Waals surface area contributed by atoms with Gasteiger partial charge in [-0.05, 0) is 11.1 Å². The molecule has 3 rings (SSSR count). The van der Waals surface area contributed by atoms with Crippen molar-refractivity contribution >= 4 is 0 Å². The molecule has 0 atom stereocenters. The fraction of sp³-hybridized carbons (Fsp3) is 0.111. The zero-order valence-corrected chi connectivity index (χ0v) is 12.0. The highest BCUT2D eigenvalue weighted by Crippen LogP contribution is 2.18. The number of ether oxygens (including phenoxy) is 1. The number of hydrogen-bond acceptors (Lipinski definition) is 3. The molecule has 0 aliphatic rings. The van der Waals surface area contributed by atoms with Gasteiger partial charge in [0.2, 0.25) is 0 Å². The van der Waals surface area contributed by atoms with Gasteiger partial charge in [0.1, 0.15) is 18.1 Å². The lowest BCUT2D eigenvalue weighted by atomic mass is 10.1. The van der Waals surface area contributed by atoms with Crippen molar-refractivity contribution in [2.45, 2.75) is 13.0 Å². The molecule has 3 aromatic rings. The molecule has 4 nitrogen and oxygen atoms in total. The highest BCUT2D eigenvalue weighted by Gasteiger charge is 2.08. The van der Waals surface area contributed by atoms with Crippen molar-refractivity contribution in [3.8, 4) is 5.75 Å². The lowest BCUT2D eigenvalue weighted by Crippen LogP contribution is -2.12. The summed E-state index contributed by atoms with van der Waals surface area (Å²) in [6.45, 7) is 0.410. The number of H-pyrrole nitrogens is 1. The zero-order valence-electron chi connectivity index (χ0n) is 12.0. The summed E-state index contributed by atoms with van der Waals surface area (Å²) in [5.74, 6) is 0.524. The van der Waals surface area contributed by atoms with Crippen LogP contribution >= 0.6 is 0 Å². The van der Waals surface area contributed by atoms with E-state index in [0.29, 0.717) is 18.8 Å². The standard InChI is InChI=1S/C18H16N2O2/c21-18-12-17(22-13-15-9-5-2-6-10-15)16(19-20-18)11-14-7-3-1-4-8-14/h1-10,12H,11,13H2,(H,20,21). The van der Waals surface area contributed by atoms with Gasteiger partial charge in [-0.15, -0.1) is 0 Å². The molecule has 0 aliphatic carbocycles. The Kier molecular flexibility index (Phi) is 4.30. The fourth-order valence-corrected chi connectivity index (χ4v) is 2.19. The van der Waals surface area contributed by atoms with Gasteiger partial charge in [0, 0.05) is 12.5 Å². The lowest BCUT2D eigenvalue weighted by Gasteiger charge is -2.10. The highest BCUT2D eigenvalue weighted by molar-refractivity contribution is 5.31. The number of hydrogen-bond donors (Lipinski definition) is 1. The smallest absolute Gasteiger partial charge is 0.267 e. The molecule has 0 fully saturated rings. The van der Waals surface area contributed by atoms with Gasteiger partial charge in [0.25, 0.3) is 5.56 Å². The molecule has 0 spiro atoms. The maximum atomic E-state index is 11.5. The average molecular weight is 292 g/mol. The van der Waals surface area contributed by atoms with Gasteiger partial charge in [-0.25, -0.2) is 5.10 Å². The second-order valence-electron chi connectivity index (χ2n) is 4.98. The number of nitrogens with one attached hydrogen (secondary N) is 1. The number of benzene rings is 2. The van der Waals surface area contributed by atoms with Gasteiger partial charge < -0.3 is 4.74 Å². The Balaban J connectivity index is 1.80. The minimum Gasteiger partial charge on any atom is -0.487 e. The zero-order chi connectivity index (χ0) is 15.2. The van der Waals surface area contributed by atoms with E-state index in [-0.39, 0.29) is 5.56 Å². The maximum Gasteiger partial charge on any atom is 0.267 e. The van der Waals surface area contributed by atoms with E-state index < -0.39 is 0 Å². The molecule has 0 saturated heterocycles. The van der Waals surface area contributed by atoms with Gasteiger partial charge in [0.05, 0.1) is 0 Å². The molecule has 0 radical (unpaired) electrons. The van der Waals surface area contributed by atoms with E-state index >= 15 is 0 Å². The Morgan fingerprint density at radius 2 is 1.55 bits per heavy atom. The van der Waals surface area contributed by atoms with Crippen LogP contribution in [0.15, 0.2) is 71.5 Å². The number of nitrogens with zero attached hydrogens (tertiary/aromatic N) is 1. The first kappa shape index (κ1) is 14.1. The van der Waals surface area contributed by atoms with E-state index in [0.717, 1.165) is 16.8 Å². The molecule has 22 heavy (non-hydrogen) atoms. The second kappa shape index (κ2) is 6.72. The monoisotopic (exact) mass is 292 g/mol. The van der Waals surface area contributed by atoms with Crippen LogP contribution in [-0.4, -0.2) is 10.2 Å². The molecule has 1 aromatic heterocycles. The van der Waals surface area contributed by atoms with Gasteiger partial charge in [-0.3, -0.25) is 4.79 Å². The van der Waals surface area contributed by atoms with Crippen molar-refractivity contribution in [1.29, 1.82) is 0 Å². The normalized spacial score (nSPS) is 10.4. The topological polar surface area (TPSA) is 55.0 Å². The van der Waals surface area contributed by atoms with Crippen molar-refractivity contribution in [1.82, 2.24) is 10.2 Å². The van der Waals surface area contributed by atoms with Crippen LogP contribution in [-0.2, 0) is 13.0 Å². The third kappa shape index (κ3) is 3.61. The van der Waals surface area contributed by atoms with Crippen molar-refractivity contribution in [3.05, 3.63) is 93.9 Å². The molecular weight excluding hydrogens is 276 g/mol. The Bertz CT molecular complexity index is 783. The average Bonchev–Trinajstić information content (AvgIpc) is 2.57. The minimum absolute atomic E-state index is 0.264. The summed E-state index contributed by atoms with van der Waals surface area (Å²) in [5, 5.41) is 6.60. The number of rotatable bonds is 5. The van der Waals surface area contributed by atoms with Crippen LogP contribution in [0.5, 0.6) is 5.75 Å². The van der Waals surface area contributed by atoms with Crippen molar-refractivity contribution in [3.63, 3.8) is 0 Å². The van der Waals surface area contributed by atoms with Crippen LogP contribution in [0, 0.1) is 0 Å². The molecule has 2 aromatic carbocycles. The van der Waals surface area contributed by atoms with Crippen LogP contribution in [0.4, 0.5) is 0 Å². The third-order valence-electron chi connectivity index (χ3n) is 3.30. The van der Waals surface area contributed by atoms with Crippen LogP contribution in [0.1, 0.15) is 16.8 Å². The van der Waals surface area contributed by atoms with Crippen LogP contribution in [0.2, 0.25) is 0 Å². The minimum atomic E-state index is -0.264. The first-order valence-corrected chi connectivity index (χ1v) is 7.10. The van der Waals surface area contributed by atoms with Crippen molar-refractivity contribution < 1.29 is 4.74 Å². The molecule has 1 heterocycles. The maximum absolute atomic E-state index is 11.5. The Labute approximate surface area is 128 Å². The van der Waals surface area contributed by atoms with Crippen molar-refractivity contribution in [2.24, 2.45) is 0 Å². The van der Waals surface area contributed by atoms with E-state index in [1.165, 1.54) is 6.07 Å². The summed E-state index contributed by atoms with van der Waals surface area (Å²) < 4.78 is 5.79. The lowest BCUT2D eigenvalue weighted by molar-refractivity contribution is 0.300. The second-order valence-corrected chi connectivity index (χ2v) is 4.98. The molecular formula is C18H16N2O2. The van der Waals surface area contributed by atoms with Gasteiger partial charge in [-0.1, -0.05) is 60.7 Å². The van der Waals surface area contributed by atoms with E-state index in [1.54, 1.807) is 0 Å². The summed E-state index contributed by atoms with van der Waals surface area (Å²) in [4.78, 5) is 11.5. The fourth-order valence-electron chi connectivity index (χ4n) is 2.19. The Hall–Kier alpha value is -2.88. The SMILES string of the molecule is O=c1cc(OCc2ccccc2)c(Cc2ccccc2)n[nH]1. The van der Waals surface area contributed by atoms with Crippen LogP contribution < -0.4 is 10.3 Å². The molecule has 0 amide bonds. The highest BCUT2D eigenvalue weighted by atomic mass is 16.5. The van der Waals surface area contributed by atoms with Crippen LogP contribution in [0.25, 0.3) is 0 Å². The summed E-state index contributed by atoms with van der Waals surface area (Å²) in [6, 6.07) is 21.3. The summed E-state index contributed by atoms with van der Waals surface area (Å²) in [5.41, 5.74) is 2.63. The van der Waals surface area contributed by atoms with E-state index in [9.17, 15) is 4.79 Å². The first-order valence-electron chi connectivity index (χ1n) is 7.10. The predicted molar refractivity (Wildman–Crippen MR) is 84.9 cm³/mol. The molecule has 110 valence electrons. The Morgan fingerprint density at radius 1 is 0.909 bits per heavy atom. The predicted octanol–water partition coefficient (Wildman–Crippen LogP) is 2.94. The largest absolute Gasteiger partial charge is 0.487 e. The Morgan fingerprint density at radius 3 is 2.23 bits per heavy atom. The molecule has 1 N–H and O–H groups in total. The van der Waals surface area contributed by atoms with Crippen molar-refractivity contribution in [2.75, 3.05) is 0 Å². The van der Waals surface area contributed by atoms with E-state index in [1.807, 2.05) is 60.7 Å². The summed E-state index contributed by atoms with van der Waals surface area (Å²) in [6.07, 6.45) is 0.613. The van der Waals surface area contributed by atoms with Crippen LogP contribution in [0.3, 0.4) is 0 Å².